The molecule has 108 valence electrons. The first-order valence-electron chi connectivity index (χ1n) is 7.07. The van der Waals surface area contributed by atoms with Crippen LogP contribution in [0.4, 0.5) is 4.39 Å². The van der Waals surface area contributed by atoms with E-state index in [4.69, 9.17) is 4.74 Å². The molecule has 4 heteroatoms. The summed E-state index contributed by atoms with van der Waals surface area (Å²) in [4.78, 5) is 1.88. The van der Waals surface area contributed by atoms with Crippen molar-refractivity contribution in [2.24, 2.45) is 0 Å². The monoisotopic (exact) mass is 285 g/mol. The Morgan fingerprint density at radius 2 is 2.14 bits per heavy atom. The van der Waals surface area contributed by atoms with Gasteiger partial charge in [-0.05, 0) is 42.7 Å². The summed E-state index contributed by atoms with van der Waals surface area (Å²) in [7, 11) is 1.61. The van der Waals surface area contributed by atoms with E-state index in [0.717, 1.165) is 22.6 Å². The zero-order valence-corrected chi connectivity index (χ0v) is 11.7. The largest absolute Gasteiger partial charge is 0.497 e. The molecule has 0 amide bonds. The van der Waals surface area contributed by atoms with Gasteiger partial charge in [0.15, 0.2) is 0 Å². The molecule has 0 aromatic heterocycles. The molecule has 2 aliphatic heterocycles. The quantitative estimate of drug-likeness (QED) is 0.906. The fourth-order valence-electron chi connectivity index (χ4n) is 3.06. The van der Waals surface area contributed by atoms with Crippen molar-refractivity contribution in [3.63, 3.8) is 0 Å². The molecule has 3 nitrogen and oxygen atoms in total. The highest BCUT2D eigenvalue weighted by atomic mass is 19.1. The first-order chi connectivity index (χ1) is 10.1. The number of halogens is 1. The number of hydrogen-bond donors (Lipinski definition) is 1. The van der Waals surface area contributed by atoms with Crippen molar-refractivity contribution in [1.82, 2.24) is 4.90 Å². The van der Waals surface area contributed by atoms with E-state index in [-0.39, 0.29) is 0 Å². The van der Waals surface area contributed by atoms with Gasteiger partial charge in [0.25, 0.3) is 0 Å². The van der Waals surface area contributed by atoms with Gasteiger partial charge in [0, 0.05) is 23.5 Å². The smallest absolute Gasteiger partial charge is 0.137 e. The number of hydrogen-bond acceptors (Lipinski definition) is 3. The van der Waals surface area contributed by atoms with Crippen molar-refractivity contribution < 1.29 is 14.2 Å². The SMILES string of the molecule is COc1ccc2c(c1)C1=C(C3(F)CC3)C(O)C=CN1C=C2. The van der Waals surface area contributed by atoms with E-state index in [2.05, 4.69) is 0 Å². The molecule has 1 fully saturated rings. The minimum atomic E-state index is -1.37. The molecule has 1 atom stereocenters. The molecule has 0 saturated heterocycles. The number of methoxy groups -OCH3 is 1. The van der Waals surface area contributed by atoms with Crippen LogP contribution in [0.15, 0.2) is 42.2 Å². The second kappa shape index (κ2) is 4.21. The van der Waals surface area contributed by atoms with Gasteiger partial charge in [-0.15, -0.1) is 0 Å². The highest BCUT2D eigenvalue weighted by Gasteiger charge is 2.51. The van der Waals surface area contributed by atoms with Crippen LogP contribution in [0.1, 0.15) is 24.0 Å². The van der Waals surface area contributed by atoms with E-state index in [9.17, 15) is 9.50 Å². The van der Waals surface area contributed by atoms with Crippen molar-refractivity contribution in [3.05, 3.63) is 53.4 Å². The Kier molecular flexibility index (Phi) is 2.54. The minimum absolute atomic E-state index is 0.476. The number of aliphatic hydroxyl groups excluding tert-OH is 1. The van der Waals surface area contributed by atoms with Crippen molar-refractivity contribution in [3.8, 4) is 5.75 Å². The Labute approximate surface area is 122 Å². The molecular weight excluding hydrogens is 269 g/mol. The van der Waals surface area contributed by atoms with E-state index < -0.39 is 11.8 Å². The van der Waals surface area contributed by atoms with E-state index in [1.54, 1.807) is 19.4 Å². The summed E-state index contributed by atoms with van der Waals surface area (Å²) < 4.78 is 20.0. The summed E-state index contributed by atoms with van der Waals surface area (Å²) in [5.41, 5.74) is 1.76. The molecule has 1 N–H and O–H groups in total. The fourth-order valence-corrected chi connectivity index (χ4v) is 3.06. The first kappa shape index (κ1) is 12.7. The van der Waals surface area contributed by atoms with Crippen LogP contribution < -0.4 is 4.74 Å². The molecule has 1 saturated carbocycles. The highest BCUT2D eigenvalue weighted by molar-refractivity contribution is 5.83. The van der Waals surface area contributed by atoms with Gasteiger partial charge in [-0.2, -0.15) is 0 Å². The zero-order chi connectivity index (χ0) is 14.6. The molecular formula is C17H16FNO2. The molecule has 1 aromatic rings. The fraction of sp³-hybridized carbons (Fsp3) is 0.294. The number of benzene rings is 1. The number of nitrogens with zero attached hydrogens (tertiary/aromatic N) is 1. The Bertz CT molecular complexity index is 701. The van der Waals surface area contributed by atoms with Crippen LogP contribution in [-0.4, -0.2) is 28.9 Å². The van der Waals surface area contributed by atoms with Gasteiger partial charge in [-0.25, -0.2) is 4.39 Å². The number of aliphatic hydroxyl groups is 1. The van der Waals surface area contributed by atoms with Crippen LogP contribution in [0, 0.1) is 0 Å². The second-order valence-electron chi connectivity index (χ2n) is 5.69. The third-order valence-corrected chi connectivity index (χ3v) is 4.34. The predicted octanol–water partition coefficient (Wildman–Crippen LogP) is 3.08. The van der Waals surface area contributed by atoms with Gasteiger partial charge in [0.2, 0.25) is 0 Å². The molecule has 2 heterocycles. The van der Waals surface area contributed by atoms with Crippen LogP contribution in [0.5, 0.6) is 5.75 Å². The number of alkyl halides is 1. The van der Waals surface area contributed by atoms with E-state index in [1.807, 2.05) is 35.4 Å². The Balaban J connectivity index is 1.97. The molecule has 21 heavy (non-hydrogen) atoms. The molecule has 0 bridgehead atoms. The Morgan fingerprint density at radius 3 is 2.86 bits per heavy atom. The molecule has 4 rings (SSSR count). The number of fused-ring (bicyclic) bond motifs is 3. The standard InChI is InChI=1S/C17H16FNO2/c1-21-12-3-2-11-4-8-19-9-5-14(20)15(17(18)6-7-17)16(19)13(11)10-12/h2-5,8-10,14,20H,6-7H2,1H3. The third kappa shape index (κ3) is 1.83. The summed E-state index contributed by atoms with van der Waals surface area (Å²) >= 11 is 0. The van der Waals surface area contributed by atoms with Crippen LogP contribution >= 0.6 is 0 Å². The summed E-state index contributed by atoms with van der Waals surface area (Å²) in [5.74, 6) is 0.726. The maximum Gasteiger partial charge on any atom is 0.137 e. The molecule has 3 aliphatic rings. The zero-order valence-electron chi connectivity index (χ0n) is 11.7. The Morgan fingerprint density at radius 1 is 1.33 bits per heavy atom. The average Bonchev–Trinajstić information content (AvgIpc) is 3.24. The van der Waals surface area contributed by atoms with E-state index in [1.165, 1.54) is 0 Å². The van der Waals surface area contributed by atoms with Crippen LogP contribution in [-0.2, 0) is 0 Å². The van der Waals surface area contributed by atoms with Gasteiger partial charge in [-0.1, -0.05) is 6.07 Å². The summed E-state index contributed by atoms with van der Waals surface area (Å²) in [6, 6.07) is 5.74. The van der Waals surface area contributed by atoms with Crippen molar-refractivity contribution in [1.29, 1.82) is 0 Å². The molecule has 0 spiro atoms. The normalized spacial score (nSPS) is 24.7. The van der Waals surface area contributed by atoms with Gasteiger partial charge in [0.05, 0.1) is 12.8 Å². The van der Waals surface area contributed by atoms with Gasteiger partial charge in [0.1, 0.15) is 17.5 Å². The lowest BCUT2D eigenvalue weighted by molar-refractivity contribution is 0.214. The second-order valence-corrected chi connectivity index (χ2v) is 5.69. The van der Waals surface area contributed by atoms with Gasteiger partial charge in [-0.3, -0.25) is 0 Å². The molecule has 1 aliphatic carbocycles. The van der Waals surface area contributed by atoms with Gasteiger partial charge >= 0.3 is 0 Å². The summed E-state index contributed by atoms with van der Waals surface area (Å²) in [6.07, 6.45) is 7.39. The third-order valence-electron chi connectivity index (χ3n) is 4.34. The van der Waals surface area contributed by atoms with E-state index in [0.29, 0.717) is 18.4 Å². The predicted molar refractivity (Wildman–Crippen MR) is 79.0 cm³/mol. The van der Waals surface area contributed by atoms with Crippen molar-refractivity contribution in [2.45, 2.75) is 24.6 Å². The average molecular weight is 285 g/mol. The van der Waals surface area contributed by atoms with Crippen LogP contribution in [0.25, 0.3) is 11.8 Å². The number of rotatable bonds is 2. The maximum atomic E-state index is 14.7. The minimum Gasteiger partial charge on any atom is -0.497 e. The summed E-state index contributed by atoms with van der Waals surface area (Å²) in [5, 5.41) is 10.3. The Hall–Kier alpha value is -2.07. The highest BCUT2D eigenvalue weighted by Crippen LogP contribution is 2.52. The van der Waals surface area contributed by atoms with Crippen molar-refractivity contribution >= 4 is 11.8 Å². The topological polar surface area (TPSA) is 32.7 Å². The maximum absolute atomic E-state index is 14.7. The first-order valence-corrected chi connectivity index (χ1v) is 7.07. The van der Waals surface area contributed by atoms with Crippen LogP contribution in [0.3, 0.4) is 0 Å². The molecule has 1 aromatic carbocycles. The lowest BCUT2D eigenvalue weighted by atomic mass is 9.89. The van der Waals surface area contributed by atoms with Gasteiger partial charge < -0.3 is 14.7 Å². The molecule has 0 radical (unpaired) electrons. The van der Waals surface area contributed by atoms with E-state index >= 15 is 0 Å². The lowest BCUT2D eigenvalue weighted by Gasteiger charge is -2.34. The lowest BCUT2D eigenvalue weighted by Crippen LogP contribution is -2.29. The van der Waals surface area contributed by atoms with Crippen LogP contribution in [0.2, 0.25) is 0 Å². The molecule has 1 unspecified atom stereocenters. The number of ether oxygens (including phenoxy) is 1. The summed E-state index contributed by atoms with van der Waals surface area (Å²) in [6.45, 7) is 0. The van der Waals surface area contributed by atoms with Crippen molar-refractivity contribution in [2.75, 3.05) is 7.11 Å².